The summed E-state index contributed by atoms with van der Waals surface area (Å²) in [7, 11) is 0. The van der Waals surface area contributed by atoms with Gasteiger partial charge in [0.25, 0.3) is 17.0 Å². The molecule has 1 fully saturated rings. The Balaban J connectivity index is 0.00000147. The highest BCUT2D eigenvalue weighted by Crippen LogP contribution is 2.33. The number of aliphatic hydroxyl groups is 2. The summed E-state index contributed by atoms with van der Waals surface area (Å²) >= 11 is 1.32. The molecule has 0 bridgehead atoms. The van der Waals surface area contributed by atoms with Gasteiger partial charge in [0.15, 0.2) is 6.61 Å². The van der Waals surface area contributed by atoms with Crippen LogP contribution in [0.5, 0.6) is 16.7 Å². The molecule has 0 spiro atoms. The number of aromatic nitrogens is 4. The van der Waals surface area contributed by atoms with E-state index in [2.05, 4.69) is 83.0 Å². The standard InChI is InChI=1S/C20H24O3.C12H13NO3S.C11H14N4O2.C11H14O3.C9H13NO5.C8H16O4.C8H14O3.C8H12O3.C7H12O4/c1-19(2,3)23-18(21)22-17-13-11-16(12-14-17)20(4,5)15-9-7-6-8-10-15;1-12(2,3)16-11(14)15-10-13-8-6-4-5-7-9(8)17-10;1-11(2,3)17-10(16)13-15-9-7-5-4-6-8(9)12-14-15;1-11(2,3)14-10(12)13-9-7-5-4-6-8-9;1-9(2,3)14-8(13)15-10-6(11)4-5-7(10)12;1-6(9)5-11-7(10)12-8(2,3)4;2*1-5-6-10-7(9)11-8(2,3)4;1-7(2,3)11-6(9)10-5-4-8/h6-14H,1-5H3;4-7H,1-3H3;4-7H,1-3H3,(H,13,16);4-8H,1-3H3;4-5H2,1-3H3;6,9H,5H2,1-4H3;5H,1,6H2,2-4H3;1H,6H2,2-4H3;4-5,8H,1-3H3/b;;;;;;;;5-4-. The van der Waals surface area contributed by atoms with Crippen molar-refractivity contribution in [3.63, 3.8) is 0 Å². The summed E-state index contributed by atoms with van der Waals surface area (Å²) in [5.74, 6) is 2.08. The van der Waals surface area contributed by atoms with Crippen molar-refractivity contribution in [2.24, 2.45) is 0 Å². The van der Waals surface area contributed by atoms with Gasteiger partial charge in [-0.1, -0.05) is 134 Å². The number of benzene rings is 5. The molecule has 7 aromatic rings. The zero-order valence-electron chi connectivity index (χ0n) is 80.8. The van der Waals surface area contributed by atoms with Crippen LogP contribution >= 0.6 is 11.3 Å². The largest absolute Gasteiger partial charge is 0.534 e. The van der Waals surface area contributed by atoms with Gasteiger partial charge in [-0.2, -0.15) is 0 Å². The fourth-order valence-electron chi connectivity index (χ4n) is 8.38. The highest BCUT2D eigenvalue weighted by Gasteiger charge is 2.35. The number of carbonyl (C=O) groups excluding carboxylic acids is 11. The van der Waals surface area contributed by atoms with Crippen LogP contribution in [0.15, 0.2) is 159 Å². The van der Waals surface area contributed by atoms with Gasteiger partial charge in [-0.25, -0.2) is 53.6 Å². The van der Waals surface area contributed by atoms with Gasteiger partial charge in [0.1, 0.15) is 98.7 Å². The number of imide groups is 1. The number of rotatable bonds is 13. The Morgan fingerprint density at radius 3 is 1.27 bits per heavy atom. The Labute approximate surface area is 771 Å². The van der Waals surface area contributed by atoms with Gasteiger partial charge in [0.05, 0.1) is 16.3 Å². The number of para-hydroxylation sites is 3. The van der Waals surface area contributed by atoms with Crippen LogP contribution in [0.4, 0.5) is 43.2 Å². The lowest BCUT2D eigenvalue weighted by molar-refractivity contribution is -0.180. The highest BCUT2D eigenvalue weighted by atomic mass is 32.1. The fourth-order valence-corrected chi connectivity index (χ4v) is 9.18. The topological polar surface area (TPSA) is 444 Å². The van der Waals surface area contributed by atoms with Gasteiger partial charge in [-0.3, -0.25) is 14.4 Å². The van der Waals surface area contributed by atoms with Gasteiger partial charge in [0.2, 0.25) is 0 Å². The number of hydrogen-bond acceptors (Lipinski definition) is 34. The zero-order chi connectivity index (χ0) is 101. The Kier molecular flexibility index (Phi) is 49.4. The first-order valence-corrected chi connectivity index (χ1v) is 41.7. The number of ether oxygens (including phenoxy) is 16. The molecule has 0 aliphatic carbocycles. The number of nitrogens with zero attached hydrogens (tertiary/aromatic N) is 5. The molecule has 131 heavy (non-hydrogen) atoms. The summed E-state index contributed by atoms with van der Waals surface area (Å²) in [6.45, 7) is 56.9. The number of carbonyl (C=O) groups is 11. The number of fused-ring (bicyclic) bond motifs is 2. The van der Waals surface area contributed by atoms with E-state index in [9.17, 15) is 52.7 Å². The SMILES string of the molecule is C#CCOC(=O)OC(C)(C)C.C=CCOC(=O)OC(C)(C)C.CC(C)(C)OC(=O)Nn1nnc2ccccc21.CC(C)(C)OC(=O)O/C=C\O.CC(C)(C)OC(=O)ON1C(=O)CCC1=O.CC(C)(C)OC(=O)Oc1ccc(C(C)(C)c2ccccc2)cc1.CC(C)(C)OC(=O)Oc1ccccc1.CC(C)(C)OC(=O)Oc1nc2ccccc2s1.CC(O)COC(=O)OC(C)(C)C. The Bertz CT molecular complexity index is 4720. The van der Waals surface area contributed by atoms with Crippen LogP contribution in [0.3, 0.4) is 0 Å². The molecule has 1 atom stereocenters. The summed E-state index contributed by atoms with van der Waals surface area (Å²) < 4.78 is 78.3. The number of nitrogens with one attached hydrogen (secondary N) is 1. The Morgan fingerprint density at radius 2 is 0.840 bits per heavy atom. The molecule has 1 saturated heterocycles. The van der Waals surface area contributed by atoms with E-state index in [4.69, 9.17) is 73.5 Å². The lowest BCUT2D eigenvalue weighted by atomic mass is 9.78. The molecule has 5 aromatic carbocycles. The third-order valence-corrected chi connectivity index (χ3v) is 14.1. The third-order valence-electron chi connectivity index (χ3n) is 13.2. The second kappa shape index (κ2) is 54.9. The molecule has 0 radical (unpaired) electrons. The zero-order valence-corrected chi connectivity index (χ0v) is 81.6. The van der Waals surface area contributed by atoms with E-state index in [1.165, 1.54) is 34.7 Å². The average Bonchev–Trinajstić information content (AvgIpc) is 1.40. The maximum atomic E-state index is 11.7. The molecule has 8 rings (SSSR count). The molecule has 1 aliphatic rings. The molecule has 3 heterocycles. The number of terminal acetylenes is 1. The van der Waals surface area contributed by atoms with Crippen LogP contribution in [0, 0.1) is 12.3 Å². The van der Waals surface area contributed by atoms with E-state index in [-0.39, 0.29) is 38.1 Å². The molecular formula is C94H132N6O30S. The first-order valence-electron chi connectivity index (χ1n) is 40.9. The molecular weight excluding hydrogens is 1730 g/mol. The van der Waals surface area contributed by atoms with Gasteiger partial charge in [-0.05, 0) is 259 Å². The summed E-state index contributed by atoms with van der Waals surface area (Å²) in [4.78, 5) is 132. The van der Waals surface area contributed by atoms with Crippen molar-refractivity contribution in [3.8, 4) is 29.0 Å². The van der Waals surface area contributed by atoms with Crippen molar-refractivity contribution in [3.05, 3.63) is 170 Å². The molecule has 3 N–H and O–H groups in total. The minimum absolute atomic E-state index is 0.0328. The molecule has 724 valence electrons. The maximum Gasteiger partial charge on any atom is 0.534 e. The van der Waals surface area contributed by atoms with Crippen LogP contribution < -0.4 is 19.6 Å². The maximum absolute atomic E-state index is 11.7. The van der Waals surface area contributed by atoms with E-state index in [0.29, 0.717) is 33.5 Å². The van der Waals surface area contributed by atoms with Gasteiger partial charge < -0.3 is 86.0 Å². The van der Waals surface area contributed by atoms with Crippen LogP contribution in [-0.2, 0) is 81.4 Å². The van der Waals surface area contributed by atoms with E-state index in [1.807, 2.05) is 84.9 Å². The molecule has 36 nitrogen and oxygen atoms in total. The number of amides is 3. The molecule has 1 unspecified atom stereocenters. The molecule has 3 amide bonds. The van der Waals surface area contributed by atoms with Crippen LogP contribution in [-0.4, -0.2) is 179 Å². The van der Waals surface area contributed by atoms with Crippen LogP contribution in [0.25, 0.3) is 21.3 Å². The minimum Gasteiger partial charge on any atom is -0.512 e. The Morgan fingerprint density at radius 1 is 0.466 bits per heavy atom. The first kappa shape index (κ1) is 118. The first-order chi connectivity index (χ1) is 60.0. The van der Waals surface area contributed by atoms with E-state index in [1.54, 1.807) is 223 Å². The normalized spacial score (nSPS) is 12.1. The van der Waals surface area contributed by atoms with Crippen LogP contribution in [0.1, 0.15) is 232 Å². The van der Waals surface area contributed by atoms with E-state index < -0.39 is 124 Å². The number of hydroxylamine groups is 2. The second-order valence-electron chi connectivity index (χ2n) is 36.7. The van der Waals surface area contributed by atoms with Gasteiger partial charge >= 0.3 is 55.3 Å². The fraction of sp³-hybridized carbons (Fsp3) is 0.489. The predicted octanol–water partition coefficient (Wildman–Crippen LogP) is 21.8. The van der Waals surface area contributed by atoms with Crippen molar-refractivity contribution < 1.29 is 144 Å². The third kappa shape index (κ3) is 61.0. The predicted molar refractivity (Wildman–Crippen MR) is 490 cm³/mol. The smallest absolute Gasteiger partial charge is 0.512 e. The number of aliphatic hydroxyl groups excluding tert-OH is 2. The molecule has 37 heteroatoms. The molecule has 1 aliphatic heterocycles. The average molecular weight is 1860 g/mol. The van der Waals surface area contributed by atoms with Crippen molar-refractivity contribution in [1.82, 2.24) is 25.2 Å². The Hall–Kier alpha value is -13.2. The van der Waals surface area contributed by atoms with Crippen LogP contribution in [0.2, 0.25) is 0 Å². The quantitative estimate of drug-likeness (QED) is 0.0184. The lowest BCUT2D eigenvalue weighted by Crippen LogP contribution is -2.35. The highest BCUT2D eigenvalue weighted by molar-refractivity contribution is 7.20. The van der Waals surface area contributed by atoms with Crippen molar-refractivity contribution in [2.45, 2.75) is 282 Å². The molecule has 0 saturated carbocycles. The summed E-state index contributed by atoms with van der Waals surface area (Å²) in [5, 5.41) is 25.4. The summed E-state index contributed by atoms with van der Waals surface area (Å²) in [5.41, 5.74) is 1.99. The van der Waals surface area contributed by atoms with E-state index >= 15 is 0 Å². The number of hydrogen-bond donors (Lipinski definition) is 3. The number of thiazole rings is 1. The van der Waals surface area contributed by atoms with Gasteiger partial charge in [-0.15, -0.1) is 16.3 Å². The van der Waals surface area contributed by atoms with Crippen molar-refractivity contribution in [2.75, 3.05) is 25.2 Å². The van der Waals surface area contributed by atoms with E-state index in [0.717, 1.165) is 27.6 Å². The van der Waals surface area contributed by atoms with Crippen molar-refractivity contribution >= 4 is 99.7 Å². The van der Waals surface area contributed by atoms with Gasteiger partial charge in [0, 0.05) is 18.3 Å². The van der Waals surface area contributed by atoms with Crippen molar-refractivity contribution in [1.29, 1.82) is 0 Å². The lowest BCUT2D eigenvalue weighted by Gasteiger charge is -2.26. The summed E-state index contributed by atoms with van der Waals surface area (Å²) in [6, 6.07) is 41.6. The molecule has 2 aromatic heterocycles. The second-order valence-corrected chi connectivity index (χ2v) is 37.7. The minimum atomic E-state index is -1.05. The summed E-state index contributed by atoms with van der Waals surface area (Å²) in [6.07, 6.45) is 0.630. The monoisotopic (exact) mass is 1860 g/mol.